The highest BCUT2D eigenvalue weighted by molar-refractivity contribution is 5.76. The summed E-state index contributed by atoms with van der Waals surface area (Å²) in [5.74, 6) is 0.674. The van der Waals surface area contributed by atoms with Gasteiger partial charge in [0.2, 0.25) is 5.91 Å². The number of alkyl carbamates (subject to hydrolysis) is 1. The summed E-state index contributed by atoms with van der Waals surface area (Å²) in [5.41, 5.74) is -0.502. The molecule has 0 aliphatic heterocycles. The molecule has 0 aromatic carbocycles. The van der Waals surface area contributed by atoms with Crippen LogP contribution in [0.5, 0.6) is 0 Å². The van der Waals surface area contributed by atoms with Gasteiger partial charge in [0.25, 0.3) is 0 Å². The van der Waals surface area contributed by atoms with E-state index < -0.39 is 5.60 Å². The van der Waals surface area contributed by atoms with Crippen molar-refractivity contribution in [1.29, 1.82) is 0 Å². The zero-order chi connectivity index (χ0) is 19.9. The summed E-state index contributed by atoms with van der Waals surface area (Å²) in [6.07, 6.45) is 12.8. The lowest BCUT2D eigenvalue weighted by Gasteiger charge is -2.34. The van der Waals surface area contributed by atoms with Crippen molar-refractivity contribution in [1.82, 2.24) is 10.2 Å². The molecule has 0 aromatic heterocycles. The maximum atomic E-state index is 12.7. The first-order valence-corrected chi connectivity index (χ1v) is 11.0. The van der Waals surface area contributed by atoms with E-state index in [-0.39, 0.29) is 18.0 Å². The van der Waals surface area contributed by atoms with Gasteiger partial charge < -0.3 is 15.0 Å². The molecule has 0 heterocycles. The van der Waals surface area contributed by atoms with E-state index in [9.17, 15) is 9.59 Å². The Kier molecular flexibility index (Phi) is 8.43. The monoisotopic (exact) mass is 380 g/mol. The Morgan fingerprint density at radius 2 is 1.56 bits per heavy atom. The number of carbonyl (C=O) groups is 2. The maximum Gasteiger partial charge on any atom is 0.407 e. The molecule has 1 N–H and O–H groups in total. The van der Waals surface area contributed by atoms with Gasteiger partial charge in [0.15, 0.2) is 0 Å². The van der Waals surface area contributed by atoms with Crippen molar-refractivity contribution in [2.45, 2.75) is 116 Å². The highest BCUT2D eigenvalue weighted by atomic mass is 16.6. The summed E-state index contributed by atoms with van der Waals surface area (Å²) in [4.78, 5) is 27.0. The van der Waals surface area contributed by atoms with Crippen LogP contribution in [0, 0.1) is 5.92 Å². The third-order valence-corrected chi connectivity index (χ3v) is 6.11. The molecule has 27 heavy (non-hydrogen) atoms. The topological polar surface area (TPSA) is 58.6 Å². The Morgan fingerprint density at radius 1 is 1.00 bits per heavy atom. The van der Waals surface area contributed by atoms with E-state index in [1.54, 1.807) is 0 Å². The summed E-state index contributed by atoms with van der Waals surface area (Å²) in [6, 6.07) is 0.432. The predicted molar refractivity (Wildman–Crippen MR) is 109 cm³/mol. The van der Waals surface area contributed by atoms with Crippen LogP contribution in [-0.2, 0) is 9.53 Å². The van der Waals surface area contributed by atoms with Crippen molar-refractivity contribution in [3.63, 3.8) is 0 Å². The summed E-state index contributed by atoms with van der Waals surface area (Å²) in [5, 5.41) is 3.09. The highest BCUT2D eigenvalue weighted by Crippen LogP contribution is 2.29. The van der Waals surface area contributed by atoms with Crippen molar-refractivity contribution in [2.24, 2.45) is 5.92 Å². The van der Waals surface area contributed by atoms with Crippen LogP contribution in [0.1, 0.15) is 97.8 Å². The van der Waals surface area contributed by atoms with E-state index in [1.807, 2.05) is 32.7 Å². The molecule has 0 unspecified atom stereocenters. The largest absolute Gasteiger partial charge is 0.444 e. The van der Waals surface area contributed by atoms with E-state index in [0.717, 1.165) is 25.7 Å². The first-order valence-electron chi connectivity index (χ1n) is 11.0. The molecule has 2 rings (SSSR count). The van der Waals surface area contributed by atoms with Gasteiger partial charge in [-0.25, -0.2) is 4.79 Å². The average molecular weight is 381 g/mol. The molecule has 0 spiro atoms. The van der Waals surface area contributed by atoms with Crippen molar-refractivity contribution in [2.75, 3.05) is 7.05 Å². The van der Waals surface area contributed by atoms with Gasteiger partial charge in [-0.15, -0.1) is 0 Å². The van der Waals surface area contributed by atoms with E-state index in [4.69, 9.17) is 4.74 Å². The molecule has 5 heteroatoms. The van der Waals surface area contributed by atoms with Crippen LogP contribution in [-0.4, -0.2) is 41.6 Å². The molecule has 0 saturated heterocycles. The number of hydrogen-bond acceptors (Lipinski definition) is 3. The van der Waals surface area contributed by atoms with Crippen LogP contribution < -0.4 is 5.32 Å². The Labute approximate surface area is 165 Å². The Balaban J connectivity index is 1.90. The van der Waals surface area contributed by atoms with Gasteiger partial charge in [0.05, 0.1) is 0 Å². The lowest BCUT2D eigenvalue weighted by Crippen LogP contribution is -2.45. The van der Waals surface area contributed by atoms with Crippen molar-refractivity contribution in [3.05, 3.63) is 0 Å². The summed E-state index contributed by atoms with van der Waals surface area (Å²) in [7, 11) is 1.95. The number of nitrogens with zero attached hydrogens (tertiary/aromatic N) is 1. The molecular formula is C22H40N2O3. The number of amides is 2. The second-order valence-corrected chi connectivity index (χ2v) is 9.49. The third-order valence-electron chi connectivity index (χ3n) is 6.11. The summed E-state index contributed by atoms with van der Waals surface area (Å²) < 4.78 is 5.46. The van der Waals surface area contributed by atoms with Crippen molar-refractivity contribution in [3.8, 4) is 0 Å². The molecule has 2 aliphatic rings. The van der Waals surface area contributed by atoms with Crippen LogP contribution >= 0.6 is 0 Å². The third kappa shape index (κ3) is 7.71. The first kappa shape index (κ1) is 22.0. The fourth-order valence-corrected chi connectivity index (χ4v) is 4.55. The van der Waals surface area contributed by atoms with Gasteiger partial charge in [-0.3, -0.25) is 4.79 Å². The average Bonchev–Trinajstić information content (AvgIpc) is 2.64. The minimum Gasteiger partial charge on any atom is -0.444 e. The predicted octanol–water partition coefficient (Wildman–Crippen LogP) is 5.03. The van der Waals surface area contributed by atoms with E-state index in [2.05, 4.69) is 5.32 Å². The lowest BCUT2D eigenvalue weighted by atomic mass is 9.82. The number of ether oxygens (including phenoxy) is 1. The van der Waals surface area contributed by atoms with E-state index >= 15 is 0 Å². The van der Waals surface area contributed by atoms with Crippen LogP contribution in [0.2, 0.25) is 0 Å². The smallest absolute Gasteiger partial charge is 0.407 e. The molecule has 1 atom stereocenters. The number of rotatable bonds is 6. The van der Waals surface area contributed by atoms with E-state index in [1.165, 1.54) is 38.5 Å². The SMILES string of the molecule is CN(C(=O)CC[C@H](NC(=O)OC(C)(C)C)C1CCCCC1)C1CCCCC1. The molecule has 2 saturated carbocycles. The van der Waals surface area contributed by atoms with Crippen LogP contribution in [0.15, 0.2) is 0 Å². The fourth-order valence-electron chi connectivity index (χ4n) is 4.55. The maximum absolute atomic E-state index is 12.7. The fraction of sp³-hybridized carbons (Fsp3) is 0.909. The standard InChI is InChI=1S/C22H40N2O3/c1-22(2,3)27-21(26)23-19(17-11-7-5-8-12-17)15-16-20(25)24(4)18-13-9-6-10-14-18/h17-19H,5-16H2,1-4H3,(H,23,26)/t19-/m0/s1. The van der Waals surface area contributed by atoms with Crippen molar-refractivity contribution < 1.29 is 14.3 Å². The van der Waals surface area contributed by atoms with Crippen LogP contribution in [0.4, 0.5) is 4.79 Å². The molecule has 0 radical (unpaired) electrons. The molecule has 0 aromatic rings. The van der Waals surface area contributed by atoms with Gasteiger partial charge >= 0.3 is 6.09 Å². The van der Waals surface area contributed by atoms with Crippen LogP contribution in [0.3, 0.4) is 0 Å². The zero-order valence-electron chi connectivity index (χ0n) is 17.9. The molecule has 2 amide bonds. The summed E-state index contributed by atoms with van der Waals surface area (Å²) >= 11 is 0. The molecule has 5 nitrogen and oxygen atoms in total. The Hall–Kier alpha value is -1.26. The molecule has 2 fully saturated rings. The Morgan fingerprint density at radius 3 is 2.11 bits per heavy atom. The van der Waals surface area contributed by atoms with Gasteiger partial charge in [-0.2, -0.15) is 0 Å². The number of carbonyl (C=O) groups excluding carboxylic acids is 2. The van der Waals surface area contributed by atoms with Gasteiger partial charge in [0.1, 0.15) is 5.60 Å². The van der Waals surface area contributed by atoms with E-state index in [0.29, 0.717) is 24.8 Å². The Bertz CT molecular complexity index is 474. The minimum absolute atomic E-state index is 0.0313. The quantitative estimate of drug-likeness (QED) is 0.703. The lowest BCUT2D eigenvalue weighted by molar-refractivity contribution is -0.132. The van der Waals surface area contributed by atoms with Gasteiger partial charge in [-0.05, 0) is 58.8 Å². The van der Waals surface area contributed by atoms with Gasteiger partial charge in [-0.1, -0.05) is 38.5 Å². The first-order chi connectivity index (χ1) is 12.8. The second kappa shape index (κ2) is 10.3. The normalized spacial score (nSPS) is 20.7. The van der Waals surface area contributed by atoms with Gasteiger partial charge in [0, 0.05) is 25.6 Å². The number of hydrogen-bond donors (Lipinski definition) is 1. The minimum atomic E-state index is -0.502. The number of nitrogens with one attached hydrogen (secondary N) is 1. The highest BCUT2D eigenvalue weighted by Gasteiger charge is 2.29. The molecule has 0 bridgehead atoms. The van der Waals surface area contributed by atoms with Crippen LogP contribution in [0.25, 0.3) is 0 Å². The molecular weight excluding hydrogens is 340 g/mol. The molecule has 2 aliphatic carbocycles. The van der Waals surface area contributed by atoms with Crippen molar-refractivity contribution >= 4 is 12.0 Å². The zero-order valence-corrected chi connectivity index (χ0v) is 17.9. The molecule has 156 valence electrons. The summed E-state index contributed by atoms with van der Waals surface area (Å²) in [6.45, 7) is 5.64. The second-order valence-electron chi connectivity index (χ2n) is 9.49.